The van der Waals surface area contributed by atoms with E-state index in [4.69, 9.17) is 14.2 Å². The molecule has 0 bridgehead atoms. The average molecular weight is 274 g/mol. The summed E-state index contributed by atoms with van der Waals surface area (Å²) >= 11 is 0. The Kier molecular flexibility index (Phi) is 5.43. The molecule has 0 aromatic heterocycles. The number of hydrogen-bond donors (Lipinski definition) is 0. The topological polar surface area (TPSA) is 61.8 Å². The quantitative estimate of drug-likeness (QED) is 0.705. The van der Waals surface area contributed by atoms with E-state index in [1.54, 1.807) is 13.2 Å². The number of ether oxygens (including phenoxy) is 3. The van der Waals surface area contributed by atoms with E-state index < -0.39 is 9.84 Å². The molecule has 102 valence electrons. The molecule has 0 N–H and O–H groups in total. The van der Waals surface area contributed by atoms with E-state index in [9.17, 15) is 8.42 Å². The Morgan fingerprint density at radius 2 is 1.83 bits per heavy atom. The van der Waals surface area contributed by atoms with Gasteiger partial charge < -0.3 is 14.2 Å². The first kappa shape index (κ1) is 14.8. The number of methoxy groups -OCH3 is 2. The molecule has 5 nitrogen and oxygen atoms in total. The van der Waals surface area contributed by atoms with Crippen molar-refractivity contribution in [2.24, 2.45) is 0 Å². The van der Waals surface area contributed by atoms with Crippen molar-refractivity contribution < 1.29 is 22.6 Å². The van der Waals surface area contributed by atoms with Gasteiger partial charge in [0, 0.05) is 32.5 Å². The van der Waals surface area contributed by atoms with E-state index in [0.717, 1.165) is 12.7 Å². The molecule has 0 saturated heterocycles. The van der Waals surface area contributed by atoms with Crippen molar-refractivity contribution in [3.63, 3.8) is 0 Å². The summed E-state index contributed by atoms with van der Waals surface area (Å²) in [7, 11) is -0.135. The number of sulfone groups is 1. The lowest BCUT2D eigenvalue weighted by molar-refractivity contribution is 0.170. The van der Waals surface area contributed by atoms with Gasteiger partial charge in [-0.15, -0.1) is 0 Å². The first-order chi connectivity index (χ1) is 8.49. The molecule has 1 rings (SSSR count). The van der Waals surface area contributed by atoms with E-state index in [1.165, 1.54) is 19.2 Å². The van der Waals surface area contributed by atoms with Gasteiger partial charge in [-0.3, -0.25) is 0 Å². The van der Waals surface area contributed by atoms with Gasteiger partial charge in [0.15, 0.2) is 21.3 Å². The highest BCUT2D eigenvalue weighted by molar-refractivity contribution is 7.90. The van der Waals surface area contributed by atoms with E-state index in [0.29, 0.717) is 24.7 Å². The summed E-state index contributed by atoms with van der Waals surface area (Å²) in [4.78, 5) is 0.212. The third-order valence-electron chi connectivity index (χ3n) is 2.31. The monoisotopic (exact) mass is 274 g/mol. The van der Waals surface area contributed by atoms with Crippen molar-refractivity contribution in [1.82, 2.24) is 0 Å². The van der Waals surface area contributed by atoms with Gasteiger partial charge in [0.2, 0.25) is 0 Å². The van der Waals surface area contributed by atoms with Crippen LogP contribution >= 0.6 is 0 Å². The van der Waals surface area contributed by atoms with Crippen LogP contribution in [-0.4, -0.2) is 42.1 Å². The molecule has 1 aromatic carbocycles. The fraction of sp³-hybridized carbons (Fsp3) is 0.500. The Labute approximate surface area is 108 Å². The Bertz CT molecular complexity index is 481. The zero-order valence-electron chi connectivity index (χ0n) is 10.8. The lowest BCUT2D eigenvalue weighted by atomic mass is 10.3. The maximum atomic E-state index is 11.4. The summed E-state index contributed by atoms with van der Waals surface area (Å²) in [5.74, 6) is 0.941. The second-order valence-corrected chi connectivity index (χ2v) is 5.80. The minimum atomic E-state index is -3.24. The molecule has 0 saturated carbocycles. The largest absolute Gasteiger partial charge is 0.493 e. The highest BCUT2D eigenvalue weighted by atomic mass is 32.2. The molecule has 0 atom stereocenters. The van der Waals surface area contributed by atoms with Crippen LogP contribution in [0.3, 0.4) is 0 Å². The van der Waals surface area contributed by atoms with E-state index in [2.05, 4.69) is 0 Å². The molecule has 6 heteroatoms. The zero-order valence-corrected chi connectivity index (χ0v) is 11.6. The third-order valence-corrected chi connectivity index (χ3v) is 3.42. The van der Waals surface area contributed by atoms with Crippen molar-refractivity contribution in [3.8, 4) is 11.5 Å². The van der Waals surface area contributed by atoms with Gasteiger partial charge in [-0.1, -0.05) is 0 Å². The molecule has 0 unspecified atom stereocenters. The van der Waals surface area contributed by atoms with Gasteiger partial charge in [0.25, 0.3) is 0 Å². The van der Waals surface area contributed by atoms with Crippen LogP contribution in [0.1, 0.15) is 6.42 Å². The molecule has 0 spiro atoms. The van der Waals surface area contributed by atoms with E-state index in [-0.39, 0.29) is 4.90 Å². The Morgan fingerprint density at radius 1 is 1.11 bits per heavy atom. The van der Waals surface area contributed by atoms with Crippen LogP contribution in [0, 0.1) is 0 Å². The van der Waals surface area contributed by atoms with Gasteiger partial charge in [-0.2, -0.15) is 0 Å². The summed E-state index contributed by atoms with van der Waals surface area (Å²) in [6.45, 7) is 1.10. The maximum Gasteiger partial charge on any atom is 0.175 e. The van der Waals surface area contributed by atoms with Crippen molar-refractivity contribution in [3.05, 3.63) is 18.2 Å². The van der Waals surface area contributed by atoms with Crippen molar-refractivity contribution in [1.29, 1.82) is 0 Å². The van der Waals surface area contributed by atoms with Crippen molar-refractivity contribution in [2.45, 2.75) is 11.3 Å². The molecule has 0 aliphatic carbocycles. The summed E-state index contributed by atoms with van der Waals surface area (Å²) < 4.78 is 38.3. The molecular weight excluding hydrogens is 256 g/mol. The molecule has 0 amide bonds. The first-order valence-corrected chi connectivity index (χ1v) is 7.38. The number of hydrogen-bond acceptors (Lipinski definition) is 5. The second-order valence-electron chi connectivity index (χ2n) is 3.78. The molecule has 0 fully saturated rings. The Morgan fingerprint density at radius 3 is 2.39 bits per heavy atom. The van der Waals surface area contributed by atoms with E-state index in [1.807, 2.05) is 0 Å². The standard InChI is InChI=1S/C12H18O5S/c1-15-7-4-8-17-11-6-5-10(18(3,13)14)9-12(11)16-2/h5-6,9H,4,7-8H2,1-3H3. The van der Waals surface area contributed by atoms with Gasteiger partial charge in [0.05, 0.1) is 18.6 Å². The van der Waals surface area contributed by atoms with Crippen LogP contribution in [0.15, 0.2) is 23.1 Å². The number of benzene rings is 1. The normalized spacial score (nSPS) is 11.3. The van der Waals surface area contributed by atoms with Crippen LogP contribution < -0.4 is 9.47 Å². The highest BCUT2D eigenvalue weighted by Gasteiger charge is 2.12. The average Bonchev–Trinajstić information content (AvgIpc) is 2.33. The maximum absolute atomic E-state index is 11.4. The minimum absolute atomic E-state index is 0.212. The van der Waals surface area contributed by atoms with Gasteiger partial charge in [0.1, 0.15) is 0 Å². The summed E-state index contributed by atoms with van der Waals surface area (Å²) in [6, 6.07) is 4.56. The molecule has 0 heterocycles. The van der Waals surface area contributed by atoms with Crippen molar-refractivity contribution in [2.75, 3.05) is 33.7 Å². The highest BCUT2D eigenvalue weighted by Crippen LogP contribution is 2.29. The predicted octanol–water partition coefficient (Wildman–Crippen LogP) is 1.51. The lowest BCUT2D eigenvalue weighted by Gasteiger charge is -2.11. The van der Waals surface area contributed by atoms with Crippen LogP contribution in [0.5, 0.6) is 11.5 Å². The minimum Gasteiger partial charge on any atom is -0.493 e. The van der Waals surface area contributed by atoms with Gasteiger partial charge in [-0.05, 0) is 12.1 Å². The van der Waals surface area contributed by atoms with Crippen LogP contribution in [0.2, 0.25) is 0 Å². The zero-order chi connectivity index (χ0) is 13.6. The Hall–Kier alpha value is -1.27. The lowest BCUT2D eigenvalue weighted by Crippen LogP contribution is -2.04. The molecule has 18 heavy (non-hydrogen) atoms. The van der Waals surface area contributed by atoms with Crippen LogP contribution in [-0.2, 0) is 14.6 Å². The van der Waals surface area contributed by atoms with Crippen molar-refractivity contribution >= 4 is 9.84 Å². The third kappa shape index (κ3) is 4.19. The Balaban J connectivity index is 2.81. The molecular formula is C12H18O5S. The number of rotatable bonds is 7. The summed E-state index contributed by atoms with van der Waals surface area (Å²) in [6.07, 6.45) is 1.91. The summed E-state index contributed by atoms with van der Waals surface area (Å²) in [5, 5.41) is 0. The first-order valence-electron chi connectivity index (χ1n) is 5.49. The molecule has 1 aromatic rings. The fourth-order valence-corrected chi connectivity index (χ4v) is 2.02. The summed E-state index contributed by atoms with van der Waals surface area (Å²) in [5.41, 5.74) is 0. The van der Waals surface area contributed by atoms with Crippen LogP contribution in [0.4, 0.5) is 0 Å². The van der Waals surface area contributed by atoms with E-state index >= 15 is 0 Å². The van der Waals surface area contributed by atoms with Gasteiger partial charge in [-0.25, -0.2) is 8.42 Å². The van der Waals surface area contributed by atoms with Gasteiger partial charge >= 0.3 is 0 Å². The smallest absolute Gasteiger partial charge is 0.175 e. The van der Waals surface area contributed by atoms with Crippen LogP contribution in [0.25, 0.3) is 0 Å². The fourth-order valence-electron chi connectivity index (χ4n) is 1.38. The molecule has 0 aliphatic rings. The molecule has 0 radical (unpaired) electrons. The predicted molar refractivity (Wildman–Crippen MR) is 68.1 cm³/mol. The second kappa shape index (κ2) is 6.61. The SMILES string of the molecule is COCCCOc1ccc(S(C)(=O)=O)cc1OC. The molecule has 0 aliphatic heterocycles.